The lowest BCUT2D eigenvalue weighted by Gasteiger charge is -2.19. The Morgan fingerprint density at radius 3 is 2.53 bits per heavy atom. The van der Waals surface area contributed by atoms with E-state index in [-0.39, 0.29) is 23.5 Å². The Kier molecular flexibility index (Phi) is 3.27. The first-order valence-corrected chi connectivity index (χ1v) is 7.74. The van der Waals surface area contributed by atoms with Crippen molar-refractivity contribution in [3.05, 3.63) is 34.9 Å². The van der Waals surface area contributed by atoms with Gasteiger partial charge in [-0.2, -0.15) is 0 Å². The largest absolute Gasteiger partial charge is 0.324 e. The molecule has 0 amide bonds. The van der Waals surface area contributed by atoms with Gasteiger partial charge in [0.15, 0.2) is 9.84 Å². The van der Waals surface area contributed by atoms with E-state index < -0.39 is 9.84 Å². The van der Waals surface area contributed by atoms with Crippen LogP contribution in [0, 0.1) is 19.8 Å². The maximum Gasteiger partial charge on any atom is 0.150 e. The summed E-state index contributed by atoms with van der Waals surface area (Å²) in [5.74, 6) is 0.596. The van der Waals surface area contributed by atoms with Gasteiger partial charge in [-0.1, -0.05) is 18.2 Å². The van der Waals surface area contributed by atoms with Gasteiger partial charge in [-0.05, 0) is 42.9 Å². The van der Waals surface area contributed by atoms with Crippen LogP contribution in [0.5, 0.6) is 0 Å². The van der Waals surface area contributed by atoms with Gasteiger partial charge < -0.3 is 5.73 Å². The van der Waals surface area contributed by atoms with Crippen molar-refractivity contribution in [2.24, 2.45) is 11.7 Å². The SMILES string of the molecule is Cc1ccc(C(N)C2CCS(=O)(=O)C2)cc1C. The Labute approximate surface area is 103 Å². The Morgan fingerprint density at radius 2 is 2.00 bits per heavy atom. The minimum atomic E-state index is -2.85. The smallest absolute Gasteiger partial charge is 0.150 e. The van der Waals surface area contributed by atoms with Crippen molar-refractivity contribution in [2.45, 2.75) is 26.3 Å². The van der Waals surface area contributed by atoms with Crippen LogP contribution in [-0.2, 0) is 9.84 Å². The Hall–Kier alpha value is -0.870. The number of nitrogens with two attached hydrogens (primary N) is 1. The molecule has 2 rings (SSSR count). The van der Waals surface area contributed by atoms with Crippen LogP contribution in [0.4, 0.5) is 0 Å². The third-order valence-corrected chi connectivity index (χ3v) is 5.49. The van der Waals surface area contributed by atoms with Crippen molar-refractivity contribution in [2.75, 3.05) is 11.5 Å². The zero-order valence-corrected chi connectivity index (χ0v) is 11.1. The van der Waals surface area contributed by atoms with E-state index in [0.717, 1.165) is 5.56 Å². The van der Waals surface area contributed by atoms with Gasteiger partial charge >= 0.3 is 0 Å². The van der Waals surface area contributed by atoms with Gasteiger partial charge in [0, 0.05) is 6.04 Å². The van der Waals surface area contributed by atoms with E-state index in [1.807, 2.05) is 12.1 Å². The summed E-state index contributed by atoms with van der Waals surface area (Å²) in [6.07, 6.45) is 0.691. The van der Waals surface area contributed by atoms with Gasteiger partial charge in [-0.15, -0.1) is 0 Å². The van der Waals surface area contributed by atoms with Gasteiger partial charge in [-0.25, -0.2) is 8.42 Å². The van der Waals surface area contributed by atoms with Crippen LogP contribution in [-0.4, -0.2) is 19.9 Å². The summed E-state index contributed by atoms with van der Waals surface area (Å²) in [6, 6.07) is 5.98. The summed E-state index contributed by atoms with van der Waals surface area (Å²) in [5.41, 5.74) is 9.67. The molecule has 0 spiro atoms. The second-order valence-corrected chi connectivity index (χ2v) is 7.26. The Bertz CT molecular complexity index is 522. The molecule has 0 saturated carbocycles. The Balaban J connectivity index is 2.20. The monoisotopic (exact) mass is 253 g/mol. The molecule has 1 aromatic carbocycles. The molecule has 0 bridgehead atoms. The maximum absolute atomic E-state index is 11.4. The summed E-state index contributed by atoms with van der Waals surface area (Å²) in [6.45, 7) is 4.11. The van der Waals surface area contributed by atoms with Crippen LogP contribution in [0.15, 0.2) is 18.2 Å². The summed E-state index contributed by atoms with van der Waals surface area (Å²) in [5, 5.41) is 0. The van der Waals surface area contributed by atoms with E-state index in [9.17, 15) is 8.42 Å². The predicted octanol–water partition coefficient (Wildman–Crippen LogP) is 1.74. The number of hydrogen-bond donors (Lipinski definition) is 1. The maximum atomic E-state index is 11.4. The molecule has 0 radical (unpaired) electrons. The fourth-order valence-electron chi connectivity index (χ4n) is 2.35. The molecule has 1 aliphatic rings. The van der Waals surface area contributed by atoms with E-state index in [2.05, 4.69) is 19.9 Å². The first kappa shape index (κ1) is 12.6. The van der Waals surface area contributed by atoms with Crippen LogP contribution < -0.4 is 5.73 Å². The minimum Gasteiger partial charge on any atom is -0.324 e. The predicted molar refractivity (Wildman–Crippen MR) is 69.6 cm³/mol. The fourth-order valence-corrected chi connectivity index (χ4v) is 4.21. The summed E-state index contributed by atoms with van der Waals surface area (Å²) in [7, 11) is -2.85. The van der Waals surface area contributed by atoms with Crippen LogP contribution >= 0.6 is 0 Å². The third-order valence-electron chi connectivity index (χ3n) is 3.69. The van der Waals surface area contributed by atoms with E-state index in [1.54, 1.807) is 0 Å². The molecule has 3 nitrogen and oxygen atoms in total. The lowest BCUT2D eigenvalue weighted by Crippen LogP contribution is -2.22. The van der Waals surface area contributed by atoms with E-state index in [4.69, 9.17) is 5.73 Å². The topological polar surface area (TPSA) is 60.2 Å². The van der Waals surface area contributed by atoms with Gasteiger partial charge in [-0.3, -0.25) is 0 Å². The number of aryl methyl sites for hydroxylation is 2. The average Bonchev–Trinajstić information content (AvgIpc) is 2.62. The van der Waals surface area contributed by atoms with Crippen molar-refractivity contribution in [1.82, 2.24) is 0 Å². The van der Waals surface area contributed by atoms with Gasteiger partial charge in [0.1, 0.15) is 0 Å². The van der Waals surface area contributed by atoms with E-state index >= 15 is 0 Å². The van der Waals surface area contributed by atoms with Crippen LogP contribution in [0.25, 0.3) is 0 Å². The lowest BCUT2D eigenvalue weighted by molar-refractivity contribution is 0.479. The van der Waals surface area contributed by atoms with Gasteiger partial charge in [0.2, 0.25) is 0 Å². The first-order chi connectivity index (χ1) is 7.89. The molecule has 2 N–H and O–H groups in total. The minimum absolute atomic E-state index is 0.0714. The first-order valence-electron chi connectivity index (χ1n) is 5.92. The normalized spacial score (nSPS) is 24.8. The molecular weight excluding hydrogens is 234 g/mol. The highest BCUT2D eigenvalue weighted by Gasteiger charge is 2.32. The molecule has 17 heavy (non-hydrogen) atoms. The highest BCUT2D eigenvalue weighted by molar-refractivity contribution is 7.91. The van der Waals surface area contributed by atoms with Crippen molar-refractivity contribution < 1.29 is 8.42 Å². The Morgan fingerprint density at radius 1 is 1.29 bits per heavy atom. The molecule has 1 heterocycles. The van der Waals surface area contributed by atoms with Crippen molar-refractivity contribution in [3.63, 3.8) is 0 Å². The molecular formula is C13H19NO2S. The zero-order valence-electron chi connectivity index (χ0n) is 10.3. The molecule has 2 atom stereocenters. The lowest BCUT2D eigenvalue weighted by atomic mass is 9.91. The molecule has 2 unspecified atom stereocenters. The van der Waals surface area contributed by atoms with Crippen molar-refractivity contribution >= 4 is 9.84 Å². The number of sulfone groups is 1. The van der Waals surface area contributed by atoms with Crippen LogP contribution in [0.2, 0.25) is 0 Å². The van der Waals surface area contributed by atoms with Gasteiger partial charge in [0.05, 0.1) is 11.5 Å². The second kappa shape index (κ2) is 4.42. The zero-order chi connectivity index (χ0) is 12.6. The molecule has 1 aliphatic heterocycles. The number of benzene rings is 1. The second-order valence-electron chi connectivity index (χ2n) is 5.03. The van der Waals surface area contributed by atoms with Crippen molar-refractivity contribution in [3.8, 4) is 0 Å². The van der Waals surface area contributed by atoms with Crippen LogP contribution in [0.3, 0.4) is 0 Å². The van der Waals surface area contributed by atoms with E-state index in [1.165, 1.54) is 11.1 Å². The number of rotatable bonds is 2. The quantitative estimate of drug-likeness (QED) is 0.873. The van der Waals surface area contributed by atoms with Crippen molar-refractivity contribution in [1.29, 1.82) is 0 Å². The molecule has 1 saturated heterocycles. The molecule has 0 aromatic heterocycles. The summed E-state index contributed by atoms with van der Waals surface area (Å²) >= 11 is 0. The fraction of sp³-hybridized carbons (Fsp3) is 0.538. The highest BCUT2D eigenvalue weighted by atomic mass is 32.2. The molecule has 0 aliphatic carbocycles. The summed E-state index contributed by atoms with van der Waals surface area (Å²) < 4.78 is 22.9. The average molecular weight is 253 g/mol. The third kappa shape index (κ3) is 2.69. The molecule has 1 fully saturated rings. The van der Waals surface area contributed by atoms with Gasteiger partial charge in [0.25, 0.3) is 0 Å². The molecule has 4 heteroatoms. The standard InChI is InChI=1S/C13H19NO2S/c1-9-3-4-11(7-10(9)2)13(14)12-5-6-17(15,16)8-12/h3-4,7,12-13H,5-6,8,14H2,1-2H3. The summed E-state index contributed by atoms with van der Waals surface area (Å²) in [4.78, 5) is 0. The molecule has 94 valence electrons. The highest BCUT2D eigenvalue weighted by Crippen LogP contribution is 2.30. The molecule has 1 aromatic rings. The van der Waals surface area contributed by atoms with Crippen LogP contribution in [0.1, 0.15) is 29.2 Å². The van der Waals surface area contributed by atoms with E-state index in [0.29, 0.717) is 6.42 Å². The number of hydrogen-bond acceptors (Lipinski definition) is 3.